The van der Waals surface area contributed by atoms with Crippen LogP contribution in [-0.4, -0.2) is 28.6 Å². The predicted octanol–water partition coefficient (Wildman–Crippen LogP) is 7.73. The minimum Gasteiger partial charge on any atom is -0.478 e. The topological polar surface area (TPSA) is 93.4 Å². The summed E-state index contributed by atoms with van der Waals surface area (Å²) < 4.78 is 31.3. The third-order valence-electron chi connectivity index (χ3n) is 7.32. The van der Waals surface area contributed by atoms with Gasteiger partial charge < -0.3 is 15.3 Å². The number of carbonyl (C=O) groups is 2. The van der Waals surface area contributed by atoms with Crippen molar-refractivity contribution in [3.05, 3.63) is 99.6 Å². The molecule has 40 heavy (non-hydrogen) atoms. The molecule has 0 aromatic heterocycles. The molecule has 0 unspecified atom stereocenters. The normalized spacial score (nSPS) is 20.7. The zero-order valence-corrected chi connectivity index (χ0v) is 23.4. The highest BCUT2D eigenvalue weighted by molar-refractivity contribution is 6.30. The third-order valence-corrected chi connectivity index (χ3v) is 7.55. The van der Waals surface area contributed by atoms with E-state index in [1.807, 2.05) is 20.8 Å². The Morgan fingerprint density at radius 3 is 2.33 bits per heavy atom. The van der Waals surface area contributed by atoms with E-state index in [0.29, 0.717) is 17.7 Å². The van der Waals surface area contributed by atoms with Gasteiger partial charge in [0.05, 0.1) is 17.7 Å². The first-order valence-corrected chi connectivity index (χ1v) is 13.2. The van der Waals surface area contributed by atoms with E-state index in [1.54, 1.807) is 13.0 Å². The number of carbonyl (C=O) groups excluding carboxylic acids is 1. The fourth-order valence-corrected chi connectivity index (χ4v) is 5.84. The highest BCUT2D eigenvalue weighted by Gasteiger charge is 2.60. The monoisotopic (exact) mass is 565 g/mol. The van der Waals surface area contributed by atoms with Gasteiger partial charge in [-0.05, 0) is 66.8 Å². The first-order valence-electron chi connectivity index (χ1n) is 12.8. The number of urea groups is 1. The van der Waals surface area contributed by atoms with Gasteiger partial charge in [0.2, 0.25) is 0 Å². The Kier molecular flexibility index (Phi) is 7.91. The summed E-state index contributed by atoms with van der Waals surface area (Å²) in [6.07, 6.45) is 0.434. The average Bonchev–Trinajstić information content (AvgIpc) is 3.17. The number of aromatic carboxylic acids is 1. The zero-order valence-electron chi connectivity index (χ0n) is 22.6. The van der Waals surface area contributed by atoms with E-state index in [0.717, 1.165) is 6.07 Å². The van der Waals surface area contributed by atoms with Crippen molar-refractivity contribution >= 4 is 29.3 Å². The largest absolute Gasteiger partial charge is 0.478 e. The Bertz CT molecular complexity index is 1500. The SMILES string of the molecule is Cc1ccc([C@H]2N(C(=O)Nc3ccc(C(=O)O)cc3)C[C@@H](CC(C)(C)C)[C@]2(C#N)c2ccc(Cl)cc2F)c(F)c1. The summed E-state index contributed by atoms with van der Waals surface area (Å²) in [6.45, 7) is 7.74. The van der Waals surface area contributed by atoms with E-state index >= 15 is 8.78 Å². The van der Waals surface area contributed by atoms with Crippen molar-refractivity contribution in [2.75, 3.05) is 11.9 Å². The van der Waals surface area contributed by atoms with Crippen molar-refractivity contribution in [1.29, 1.82) is 5.26 Å². The number of nitrogens with one attached hydrogen (secondary N) is 1. The summed E-state index contributed by atoms with van der Waals surface area (Å²) in [7, 11) is 0. The molecule has 3 aromatic rings. The van der Waals surface area contributed by atoms with E-state index in [1.165, 1.54) is 53.4 Å². The Balaban J connectivity index is 1.91. The molecule has 1 fully saturated rings. The van der Waals surface area contributed by atoms with Gasteiger partial charge in [0.1, 0.15) is 17.0 Å². The molecule has 9 heteroatoms. The van der Waals surface area contributed by atoms with Crippen LogP contribution < -0.4 is 5.32 Å². The zero-order chi connectivity index (χ0) is 29.4. The van der Waals surface area contributed by atoms with Crippen LogP contribution in [0, 0.1) is 41.2 Å². The summed E-state index contributed by atoms with van der Waals surface area (Å²) in [5.74, 6) is -3.00. The lowest BCUT2D eigenvalue weighted by atomic mass is 9.63. The minimum absolute atomic E-state index is 0.0414. The van der Waals surface area contributed by atoms with Crippen molar-refractivity contribution in [3.8, 4) is 6.07 Å². The van der Waals surface area contributed by atoms with Crippen LogP contribution in [0.5, 0.6) is 0 Å². The first-order chi connectivity index (χ1) is 18.8. The number of amides is 2. The molecule has 3 aromatic carbocycles. The molecule has 1 aliphatic heterocycles. The number of benzene rings is 3. The van der Waals surface area contributed by atoms with Crippen molar-refractivity contribution < 1.29 is 23.5 Å². The number of nitrogens with zero attached hydrogens (tertiary/aromatic N) is 2. The quantitative estimate of drug-likeness (QED) is 0.331. The van der Waals surface area contributed by atoms with Crippen molar-refractivity contribution in [2.24, 2.45) is 11.3 Å². The van der Waals surface area contributed by atoms with Crippen LogP contribution in [-0.2, 0) is 5.41 Å². The Labute approximate surface area is 237 Å². The van der Waals surface area contributed by atoms with Gasteiger partial charge in [-0.3, -0.25) is 0 Å². The van der Waals surface area contributed by atoms with Gasteiger partial charge in [0, 0.05) is 34.3 Å². The van der Waals surface area contributed by atoms with Gasteiger partial charge in [-0.1, -0.05) is 50.6 Å². The fourth-order valence-electron chi connectivity index (χ4n) is 5.68. The second-order valence-corrected chi connectivity index (χ2v) is 11.9. The van der Waals surface area contributed by atoms with E-state index < -0.39 is 41.0 Å². The maximum Gasteiger partial charge on any atom is 0.335 e. The molecule has 1 saturated heterocycles. The number of hydrogen-bond donors (Lipinski definition) is 2. The smallest absolute Gasteiger partial charge is 0.335 e. The number of halogens is 3. The lowest BCUT2D eigenvalue weighted by molar-refractivity contribution is 0.0697. The van der Waals surface area contributed by atoms with Crippen LogP contribution in [0.1, 0.15) is 60.3 Å². The van der Waals surface area contributed by atoms with E-state index in [4.69, 9.17) is 11.6 Å². The number of carboxylic acids is 1. The molecular weight excluding hydrogens is 536 g/mol. The third kappa shape index (κ3) is 5.52. The second-order valence-electron chi connectivity index (χ2n) is 11.5. The standard InChI is InChI=1S/C31H30ClF2N3O3/c1-18-5-11-23(25(33)13-18)27-31(17-35,24-12-8-21(32)14-26(24)34)20(15-30(2,3)4)16-37(27)29(40)36-22-9-6-19(7-10-22)28(38)39/h5-14,20,27H,15-16H2,1-4H3,(H,36,40)(H,38,39)/t20-,27-,31-/m1/s1. The van der Waals surface area contributed by atoms with Gasteiger partial charge in [0.15, 0.2) is 0 Å². The molecule has 0 saturated carbocycles. The van der Waals surface area contributed by atoms with Gasteiger partial charge in [-0.25, -0.2) is 18.4 Å². The van der Waals surface area contributed by atoms with Crippen molar-refractivity contribution in [1.82, 2.24) is 4.90 Å². The fraction of sp³-hybridized carbons (Fsp3) is 0.323. The number of nitriles is 1. The Morgan fingerprint density at radius 1 is 1.10 bits per heavy atom. The average molecular weight is 566 g/mol. The van der Waals surface area contributed by atoms with Gasteiger partial charge in [-0.2, -0.15) is 5.26 Å². The Morgan fingerprint density at radius 2 is 1.77 bits per heavy atom. The van der Waals surface area contributed by atoms with Gasteiger partial charge >= 0.3 is 12.0 Å². The molecule has 1 aliphatic rings. The van der Waals surface area contributed by atoms with E-state index in [-0.39, 0.29) is 33.7 Å². The number of aryl methyl sites for hydroxylation is 1. The molecule has 2 amide bonds. The van der Waals surface area contributed by atoms with E-state index in [2.05, 4.69) is 11.4 Å². The Hall–Kier alpha value is -3.96. The number of likely N-dealkylation sites (tertiary alicyclic amines) is 1. The predicted molar refractivity (Wildman–Crippen MR) is 149 cm³/mol. The first kappa shape index (κ1) is 29.0. The molecule has 0 spiro atoms. The molecule has 0 aliphatic carbocycles. The van der Waals surface area contributed by atoms with Gasteiger partial charge in [0.25, 0.3) is 0 Å². The molecule has 0 bridgehead atoms. The lowest BCUT2D eigenvalue weighted by Gasteiger charge is -2.38. The summed E-state index contributed by atoms with van der Waals surface area (Å²) >= 11 is 6.06. The molecule has 2 N–H and O–H groups in total. The molecule has 208 valence electrons. The minimum atomic E-state index is -1.65. The summed E-state index contributed by atoms with van der Waals surface area (Å²) in [4.78, 5) is 26.5. The van der Waals surface area contributed by atoms with E-state index in [9.17, 15) is 20.0 Å². The van der Waals surface area contributed by atoms with Crippen LogP contribution in [0.3, 0.4) is 0 Å². The molecule has 0 radical (unpaired) electrons. The second kappa shape index (κ2) is 10.9. The number of carboxylic acid groups (broad SMARTS) is 1. The maximum atomic E-state index is 15.7. The summed E-state index contributed by atoms with van der Waals surface area (Å²) in [6, 6.07) is 14.8. The number of anilines is 1. The lowest BCUT2D eigenvalue weighted by Crippen LogP contribution is -2.42. The number of rotatable bonds is 5. The van der Waals surface area contributed by atoms with Crippen molar-refractivity contribution in [3.63, 3.8) is 0 Å². The summed E-state index contributed by atoms with van der Waals surface area (Å²) in [5, 5.41) is 23.0. The maximum absolute atomic E-state index is 15.7. The number of hydrogen-bond acceptors (Lipinski definition) is 3. The molecule has 1 heterocycles. The molecular formula is C31H30ClF2N3O3. The van der Waals surface area contributed by atoms with Crippen molar-refractivity contribution in [2.45, 2.75) is 45.6 Å². The highest BCUT2D eigenvalue weighted by Crippen LogP contribution is 2.56. The molecule has 3 atom stereocenters. The van der Waals surface area contributed by atoms with Crippen LogP contribution in [0.4, 0.5) is 19.3 Å². The van der Waals surface area contributed by atoms with Crippen LogP contribution >= 0.6 is 11.6 Å². The highest BCUT2D eigenvalue weighted by atomic mass is 35.5. The molecule has 4 rings (SSSR count). The van der Waals surface area contributed by atoms with Crippen LogP contribution in [0.15, 0.2) is 60.7 Å². The van der Waals surface area contributed by atoms with Crippen LogP contribution in [0.25, 0.3) is 0 Å². The molecule has 6 nitrogen and oxygen atoms in total. The summed E-state index contributed by atoms with van der Waals surface area (Å²) in [5.41, 5.74) is -0.814. The van der Waals surface area contributed by atoms with Crippen LogP contribution in [0.2, 0.25) is 5.02 Å². The van der Waals surface area contributed by atoms with Gasteiger partial charge in [-0.15, -0.1) is 0 Å².